The Labute approximate surface area is 176 Å². The first kappa shape index (κ1) is 20.4. The van der Waals surface area contributed by atoms with E-state index in [9.17, 15) is 13.9 Å². The van der Waals surface area contributed by atoms with Gasteiger partial charge in [0.15, 0.2) is 5.82 Å². The van der Waals surface area contributed by atoms with Crippen LogP contribution in [0.1, 0.15) is 19.5 Å². The molecule has 3 heterocycles. The Morgan fingerprint density at radius 1 is 0.871 bits per heavy atom. The van der Waals surface area contributed by atoms with E-state index in [1.165, 1.54) is 30.6 Å². The zero-order valence-corrected chi connectivity index (χ0v) is 16.7. The van der Waals surface area contributed by atoms with Crippen LogP contribution in [-0.4, -0.2) is 30.3 Å². The zero-order valence-electron chi connectivity index (χ0n) is 16.7. The highest BCUT2D eigenvalue weighted by Gasteiger charge is 2.20. The molecule has 0 aliphatic heterocycles. The summed E-state index contributed by atoms with van der Waals surface area (Å²) in [7, 11) is 0. The van der Waals surface area contributed by atoms with Gasteiger partial charge in [-0.25, -0.2) is 13.8 Å². The third-order valence-electron chi connectivity index (χ3n) is 4.49. The maximum atomic E-state index is 14.5. The molecular weight excluding hydrogens is 402 g/mol. The molecule has 0 bridgehead atoms. The number of hydrogen-bond acceptors (Lipinski definition) is 7. The van der Waals surface area contributed by atoms with E-state index in [-0.39, 0.29) is 28.5 Å². The zero-order chi connectivity index (χ0) is 22.0. The van der Waals surface area contributed by atoms with Crippen molar-refractivity contribution in [2.24, 2.45) is 0 Å². The number of aliphatic hydroxyl groups is 1. The van der Waals surface area contributed by atoms with Gasteiger partial charge in [0.05, 0.1) is 23.8 Å². The Kier molecular flexibility index (Phi) is 5.35. The molecule has 3 aromatic heterocycles. The van der Waals surface area contributed by atoms with Gasteiger partial charge < -0.3 is 10.4 Å². The number of pyridine rings is 2. The molecule has 156 valence electrons. The molecule has 0 fully saturated rings. The van der Waals surface area contributed by atoms with Crippen LogP contribution in [-0.2, 0) is 5.60 Å². The van der Waals surface area contributed by atoms with E-state index in [1.54, 1.807) is 38.1 Å². The molecular formula is C22H18F2N6O. The Morgan fingerprint density at radius 2 is 1.65 bits per heavy atom. The predicted octanol–water partition coefficient (Wildman–Crippen LogP) is 4.24. The van der Waals surface area contributed by atoms with Crippen molar-refractivity contribution in [3.05, 3.63) is 78.4 Å². The van der Waals surface area contributed by atoms with Crippen LogP contribution >= 0.6 is 0 Å². The second kappa shape index (κ2) is 8.11. The second-order valence-electron chi connectivity index (χ2n) is 7.28. The van der Waals surface area contributed by atoms with Gasteiger partial charge in [-0.05, 0) is 44.2 Å². The van der Waals surface area contributed by atoms with E-state index in [2.05, 4.69) is 30.5 Å². The summed E-state index contributed by atoms with van der Waals surface area (Å²) in [5.41, 5.74) is 0.431. The van der Waals surface area contributed by atoms with Gasteiger partial charge in [0.25, 0.3) is 0 Å². The van der Waals surface area contributed by atoms with Gasteiger partial charge in [-0.3, -0.25) is 9.97 Å². The normalized spacial score (nSPS) is 11.4. The minimum Gasteiger partial charge on any atom is -0.384 e. The Morgan fingerprint density at radius 3 is 2.32 bits per heavy atom. The number of halogens is 2. The second-order valence-corrected chi connectivity index (χ2v) is 7.28. The van der Waals surface area contributed by atoms with Crippen LogP contribution in [0.2, 0.25) is 0 Å². The van der Waals surface area contributed by atoms with Gasteiger partial charge in [0.1, 0.15) is 22.8 Å². The monoisotopic (exact) mass is 420 g/mol. The average molecular weight is 420 g/mol. The maximum absolute atomic E-state index is 14.5. The summed E-state index contributed by atoms with van der Waals surface area (Å²) >= 11 is 0. The molecule has 0 saturated heterocycles. The molecule has 2 N–H and O–H groups in total. The Balaban J connectivity index is 1.77. The van der Waals surface area contributed by atoms with Crippen molar-refractivity contribution in [3.63, 3.8) is 0 Å². The molecule has 0 spiro atoms. The molecule has 0 aliphatic rings. The Bertz CT molecular complexity index is 1230. The summed E-state index contributed by atoms with van der Waals surface area (Å²) in [6, 6.07) is 10.8. The fourth-order valence-electron chi connectivity index (χ4n) is 2.93. The van der Waals surface area contributed by atoms with E-state index < -0.39 is 17.2 Å². The molecule has 0 saturated carbocycles. The minimum absolute atomic E-state index is 0.0780. The third-order valence-corrected chi connectivity index (χ3v) is 4.49. The first-order chi connectivity index (χ1) is 14.8. The summed E-state index contributed by atoms with van der Waals surface area (Å²) in [4.78, 5) is 12.3. The van der Waals surface area contributed by atoms with E-state index in [4.69, 9.17) is 0 Å². The quantitative estimate of drug-likeness (QED) is 0.498. The van der Waals surface area contributed by atoms with Gasteiger partial charge in [0, 0.05) is 17.3 Å². The van der Waals surface area contributed by atoms with Crippen LogP contribution in [0.15, 0.2) is 61.1 Å². The smallest absolute Gasteiger partial charge is 0.247 e. The number of nitrogens with one attached hydrogen (secondary N) is 1. The van der Waals surface area contributed by atoms with Crippen LogP contribution in [0, 0.1) is 11.6 Å². The highest BCUT2D eigenvalue weighted by atomic mass is 19.1. The van der Waals surface area contributed by atoms with Crippen LogP contribution in [0.4, 0.5) is 20.4 Å². The molecule has 9 heteroatoms. The van der Waals surface area contributed by atoms with Gasteiger partial charge in [0.2, 0.25) is 5.95 Å². The van der Waals surface area contributed by atoms with Crippen molar-refractivity contribution in [1.82, 2.24) is 25.1 Å². The molecule has 31 heavy (non-hydrogen) atoms. The first-order valence-corrected chi connectivity index (χ1v) is 9.38. The van der Waals surface area contributed by atoms with E-state index in [1.807, 2.05) is 0 Å². The molecule has 0 radical (unpaired) electrons. The van der Waals surface area contributed by atoms with Crippen LogP contribution in [0.3, 0.4) is 0 Å². The first-order valence-electron chi connectivity index (χ1n) is 9.38. The summed E-state index contributed by atoms with van der Waals surface area (Å²) < 4.78 is 28.9. The molecule has 0 aliphatic carbocycles. The van der Waals surface area contributed by atoms with Gasteiger partial charge in [-0.2, -0.15) is 0 Å². The lowest BCUT2D eigenvalue weighted by Crippen LogP contribution is -2.17. The van der Waals surface area contributed by atoms with E-state index in [0.29, 0.717) is 11.4 Å². The lowest BCUT2D eigenvalue weighted by Gasteiger charge is -2.16. The SMILES string of the molecule is CC(C)(O)c1ccc(Nc2nnc(-c3ccncc3F)c(-c3ccccc3F)n2)cn1. The van der Waals surface area contributed by atoms with Gasteiger partial charge in [-0.1, -0.05) is 12.1 Å². The van der Waals surface area contributed by atoms with Gasteiger partial charge >= 0.3 is 0 Å². The largest absolute Gasteiger partial charge is 0.384 e. The lowest BCUT2D eigenvalue weighted by atomic mass is 10.0. The molecule has 0 unspecified atom stereocenters. The topological polar surface area (TPSA) is 96.7 Å². The van der Waals surface area contributed by atoms with Crippen molar-refractivity contribution in [3.8, 4) is 22.5 Å². The number of benzene rings is 1. The highest BCUT2D eigenvalue weighted by Crippen LogP contribution is 2.32. The number of aromatic nitrogens is 5. The Hall–Kier alpha value is -3.85. The number of anilines is 2. The van der Waals surface area contributed by atoms with Crippen LogP contribution < -0.4 is 5.32 Å². The molecule has 1 aromatic carbocycles. The van der Waals surface area contributed by atoms with Crippen LogP contribution in [0.25, 0.3) is 22.5 Å². The van der Waals surface area contributed by atoms with Gasteiger partial charge in [-0.15, -0.1) is 10.2 Å². The molecule has 0 atom stereocenters. The van der Waals surface area contributed by atoms with Crippen molar-refractivity contribution < 1.29 is 13.9 Å². The van der Waals surface area contributed by atoms with Crippen molar-refractivity contribution in [2.45, 2.75) is 19.4 Å². The van der Waals surface area contributed by atoms with Crippen molar-refractivity contribution in [2.75, 3.05) is 5.32 Å². The molecule has 7 nitrogen and oxygen atoms in total. The fraction of sp³-hybridized carbons (Fsp3) is 0.136. The standard InChI is InChI=1S/C22H18F2N6O/c1-22(2,31)18-8-7-13(11-26-18)27-21-28-19(14-5-3-4-6-16(14)23)20(29-30-21)15-9-10-25-12-17(15)24/h3-12,31H,1-2H3,(H,27,28,30). The average Bonchev–Trinajstić information content (AvgIpc) is 2.74. The summed E-state index contributed by atoms with van der Waals surface area (Å²) in [6.45, 7) is 3.26. The van der Waals surface area contributed by atoms with E-state index in [0.717, 1.165) is 6.20 Å². The minimum atomic E-state index is -1.08. The predicted molar refractivity (Wildman–Crippen MR) is 111 cm³/mol. The van der Waals surface area contributed by atoms with Crippen molar-refractivity contribution >= 4 is 11.6 Å². The summed E-state index contributed by atoms with van der Waals surface area (Å²) in [5.74, 6) is -1.07. The molecule has 4 rings (SSSR count). The maximum Gasteiger partial charge on any atom is 0.247 e. The fourth-order valence-corrected chi connectivity index (χ4v) is 2.93. The van der Waals surface area contributed by atoms with Crippen LogP contribution in [0.5, 0.6) is 0 Å². The van der Waals surface area contributed by atoms with Crippen molar-refractivity contribution in [1.29, 1.82) is 0 Å². The highest BCUT2D eigenvalue weighted by molar-refractivity contribution is 5.78. The lowest BCUT2D eigenvalue weighted by molar-refractivity contribution is 0.0739. The molecule has 4 aromatic rings. The number of hydrogen-bond donors (Lipinski definition) is 2. The summed E-state index contributed by atoms with van der Waals surface area (Å²) in [5, 5.41) is 21.1. The summed E-state index contributed by atoms with van der Waals surface area (Å²) in [6.07, 6.45) is 3.97. The third kappa shape index (κ3) is 4.36. The molecule has 0 amide bonds. The van der Waals surface area contributed by atoms with E-state index >= 15 is 0 Å². The number of nitrogens with zero attached hydrogens (tertiary/aromatic N) is 5. The number of rotatable bonds is 5.